The second kappa shape index (κ2) is 34.2. The summed E-state index contributed by atoms with van der Waals surface area (Å²) in [6.07, 6.45) is 25.8. The van der Waals surface area contributed by atoms with Crippen LogP contribution in [-0.4, -0.2) is 101 Å². The van der Waals surface area contributed by atoms with Gasteiger partial charge in [0.05, 0.1) is 22.3 Å². The van der Waals surface area contributed by atoms with Crippen LogP contribution in [0.3, 0.4) is 0 Å². The van der Waals surface area contributed by atoms with Crippen LogP contribution in [0.5, 0.6) is 46.0 Å². The number of imide groups is 2. The van der Waals surface area contributed by atoms with E-state index in [1.807, 2.05) is 121 Å². The summed E-state index contributed by atoms with van der Waals surface area (Å²) in [6.45, 7) is 30.0. The molecule has 6 amide bonds. The first-order valence-electron chi connectivity index (χ1n) is 46.1. The van der Waals surface area contributed by atoms with E-state index in [1.165, 1.54) is 9.80 Å². The molecule has 9 aromatic carbocycles. The molecule has 124 heavy (non-hydrogen) atoms. The molecule has 0 bridgehead atoms. The quantitative estimate of drug-likeness (QED) is 0.0357. The van der Waals surface area contributed by atoms with Crippen LogP contribution in [0.4, 0.5) is 0 Å². The van der Waals surface area contributed by atoms with E-state index in [0.717, 1.165) is 162 Å². The first-order chi connectivity index (χ1) is 59.4. The highest BCUT2D eigenvalue weighted by molar-refractivity contribution is 6.45. The number of carbonyl (C=O) groups excluding carboxylic acids is 6. The zero-order valence-corrected chi connectivity index (χ0v) is 75.1. The number of hydrogen-bond donors (Lipinski definition) is 0. The molecule has 2 aromatic heterocycles. The number of ether oxygens (including phenoxy) is 4. The third-order valence-corrected chi connectivity index (χ3v) is 28.0. The number of hydrogen-bond acceptors (Lipinski definition) is 12. The van der Waals surface area contributed by atoms with Crippen LogP contribution < -0.4 is 18.9 Å². The molecule has 4 atom stereocenters. The minimum Gasteiger partial charge on any atom is -0.457 e. The van der Waals surface area contributed by atoms with Gasteiger partial charge in [0.25, 0.3) is 23.6 Å². The summed E-state index contributed by atoms with van der Waals surface area (Å²) in [6, 6.07) is 43.5. The number of amides is 6. The molecule has 0 saturated heterocycles. The first-order valence-corrected chi connectivity index (χ1v) is 46.1. The molecule has 4 aliphatic carbocycles. The fourth-order valence-electron chi connectivity index (χ4n) is 21.1. The van der Waals surface area contributed by atoms with Gasteiger partial charge < -0.3 is 28.7 Å². The van der Waals surface area contributed by atoms with Crippen LogP contribution in [0, 0.1) is 0 Å². The maximum atomic E-state index is 17.5. The lowest BCUT2D eigenvalue weighted by Crippen LogP contribution is -2.59. The molecule has 4 saturated carbocycles. The minimum absolute atomic E-state index is 0.0855. The molecule has 2 aliphatic heterocycles. The van der Waals surface area contributed by atoms with E-state index in [4.69, 9.17) is 18.9 Å². The zero-order valence-electron chi connectivity index (χ0n) is 75.1. The van der Waals surface area contributed by atoms with Gasteiger partial charge >= 0.3 is 0 Å². The summed E-state index contributed by atoms with van der Waals surface area (Å²) >= 11 is 0. The van der Waals surface area contributed by atoms with Gasteiger partial charge in [0, 0.05) is 92.0 Å². The maximum absolute atomic E-state index is 17.5. The molecular weight excluding hydrogens is 1540 g/mol. The number of aromatic nitrogens is 2. The van der Waals surface area contributed by atoms with Gasteiger partial charge in [-0.3, -0.25) is 48.5 Å². The molecule has 17 rings (SSSR count). The Morgan fingerprint density at radius 3 is 0.750 bits per heavy atom. The van der Waals surface area contributed by atoms with Gasteiger partial charge in [0.15, 0.2) is 0 Å². The molecule has 0 radical (unpaired) electrons. The van der Waals surface area contributed by atoms with E-state index in [0.29, 0.717) is 55.3 Å². The van der Waals surface area contributed by atoms with Gasteiger partial charge in [-0.1, -0.05) is 223 Å². The summed E-state index contributed by atoms with van der Waals surface area (Å²) in [7, 11) is 0. The van der Waals surface area contributed by atoms with Crippen molar-refractivity contribution < 1.29 is 47.7 Å². The SMILES string of the molecule is CC(CC(C(=O)N(C1CCCCC1)C1CCCCC1)N1C(=O)c2cc(Oc3ccc(C(C)(C)C)cc3)c3c4c(Oc5ccc(C(C)(C)C)cc5)cc5c6c(cc(Oc7ccc(C(C)(C)C)cc7)c(c7c(Oc8ccc(C(C)(C)C)cc8)cc(c2c37)C1=O)c64)C(=O)N(C(CC(C)c1ccncc1)C(=O)N(C1CCCCC1)C1CCCCC1)C5=O)c1ccncc1. The number of pyridine rings is 2. The van der Waals surface area contributed by atoms with Crippen molar-refractivity contribution in [3.8, 4) is 46.0 Å². The second-order valence-electron chi connectivity index (χ2n) is 40.7. The Morgan fingerprint density at radius 2 is 0.540 bits per heavy atom. The van der Waals surface area contributed by atoms with Crippen molar-refractivity contribution >= 4 is 78.5 Å². The van der Waals surface area contributed by atoms with Gasteiger partial charge in [-0.25, -0.2) is 0 Å². The summed E-state index contributed by atoms with van der Waals surface area (Å²) in [5.74, 6) is -1.51. The summed E-state index contributed by atoms with van der Waals surface area (Å²) < 4.78 is 30.6. The average Bonchev–Trinajstić information content (AvgIpc) is 0.668. The zero-order chi connectivity index (χ0) is 87.0. The smallest absolute Gasteiger partial charge is 0.262 e. The van der Waals surface area contributed by atoms with Crippen molar-refractivity contribution in [2.75, 3.05) is 0 Å². The Labute approximate surface area is 731 Å². The summed E-state index contributed by atoms with van der Waals surface area (Å²) in [5, 5.41) is 2.75. The van der Waals surface area contributed by atoms with Crippen LogP contribution in [-0.2, 0) is 31.2 Å². The van der Waals surface area contributed by atoms with E-state index in [2.05, 4.69) is 117 Å². The molecule has 11 aromatic rings. The fraction of sp³-hybridized carbons (Fsp3) is 0.444. The van der Waals surface area contributed by atoms with E-state index in [9.17, 15) is 0 Å². The molecule has 4 fully saturated rings. The Morgan fingerprint density at radius 1 is 0.323 bits per heavy atom. The van der Waals surface area contributed by atoms with Crippen LogP contribution >= 0.6 is 0 Å². The van der Waals surface area contributed by atoms with Crippen molar-refractivity contribution in [3.05, 3.63) is 226 Å². The largest absolute Gasteiger partial charge is 0.457 e. The number of nitrogens with zero attached hydrogens (tertiary/aromatic N) is 6. The summed E-state index contributed by atoms with van der Waals surface area (Å²) in [5.41, 5.74) is 5.41. The minimum atomic E-state index is -1.29. The standard InChI is InChI=1S/C108H122N6O10/c1-65(67-51-55-109-56-52-67)59-85(103(119)111(73-27-19-15-20-28-73)74-29-21-16-22-30-74)113-99(115)81-61-87(121-77-43-35-69(36-44-77)105(3,4)5)93-95-89(123-79-47-39-71(40-48-79)107(9,10)11)63-83-92-84(102(118)114(101(83)117)86(60-66(2)68-53-57-110-58-54-68)104(120)112(75-31-23-17-24-32-75)76-33-25-18-26-34-76)64-90(124-80-49-41-72(42-50-80)108(12,13)14)96(98(92)95)94-88(62-82(100(113)116)91(81)97(93)94)122-78-45-37-70(38-46-78)106(6,7)8/h35-58,61-66,73-76,85-86H,15-34,59-60H2,1-14H3. The van der Waals surface area contributed by atoms with Gasteiger partial charge in [-0.15, -0.1) is 0 Å². The van der Waals surface area contributed by atoms with E-state index in [1.54, 1.807) is 49.1 Å². The number of benzene rings is 9. The third kappa shape index (κ3) is 16.5. The molecule has 0 N–H and O–H groups in total. The number of fused-ring (bicyclic) bond motifs is 2. The lowest BCUT2D eigenvalue weighted by Gasteiger charge is -2.45. The summed E-state index contributed by atoms with van der Waals surface area (Å²) in [4.78, 5) is 119. The Balaban J connectivity index is 1.00. The number of rotatable bonds is 22. The monoisotopic (exact) mass is 1660 g/mol. The highest BCUT2D eigenvalue weighted by Gasteiger charge is 2.51. The van der Waals surface area contributed by atoms with Crippen LogP contribution in [0.1, 0.15) is 325 Å². The topological polar surface area (TPSA) is 178 Å². The fourth-order valence-corrected chi connectivity index (χ4v) is 21.1. The van der Waals surface area contributed by atoms with Crippen molar-refractivity contribution in [2.24, 2.45) is 0 Å². The second-order valence-corrected chi connectivity index (χ2v) is 40.7. The third-order valence-electron chi connectivity index (χ3n) is 28.0. The van der Waals surface area contributed by atoms with Gasteiger partial charge in [-0.2, -0.15) is 0 Å². The van der Waals surface area contributed by atoms with E-state index in [-0.39, 0.29) is 138 Å². The van der Waals surface area contributed by atoms with E-state index >= 15 is 28.8 Å². The predicted octanol–water partition coefficient (Wildman–Crippen LogP) is 26.2. The molecule has 644 valence electrons. The highest BCUT2D eigenvalue weighted by atomic mass is 16.5. The molecule has 4 heterocycles. The van der Waals surface area contributed by atoms with Crippen molar-refractivity contribution in [1.29, 1.82) is 0 Å². The van der Waals surface area contributed by atoms with Gasteiger partial charge in [0.1, 0.15) is 58.1 Å². The van der Waals surface area contributed by atoms with Crippen molar-refractivity contribution in [2.45, 2.75) is 308 Å². The Bertz CT molecular complexity index is 5190. The normalized spacial score (nSPS) is 17.8. The van der Waals surface area contributed by atoms with Crippen molar-refractivity contribution in [3.63, 3.8) is 0 Å². The van der Waals surface area contributed by atoms with Crippen LogP contribution in [0.15, 0.2) is 170 Å². The predicted molar refractivity (Wildman–Crippen MR) is 493 cm³/mol. The first kappa shape index (κ1) is 85.2. The van der Waals surface area contributed by atoms with E-state index < -0.39 is 35.7 Å². The molecule has 6 aliphatic rings. The van der Waals surface area contributed by atoms with Crippen LogP contribution in [0.2, 0.25) is 0 Å². The molecular formula is C108H122N6O10. The lowest BCUT2D eigenvalue weighted by atomic mass is 9.79. The maximum Gasteiger partial charge on any atom is 0.262 e. The van der Waals surface area contributed by atoms with Gasteiger partial charge in [-0.05, 0) is 228 Å². The van der Waals surface area contributed by atoms with Crippen molar-refractivity contribution in [1.82, 2.24) is 29.6 Å². The van der Waals surface area contributed by atoms with Gasteiger partial charge in [0.2, 0.25) is 11.8 Å². The van der Waals surface area contributed by atoms with Crippen LogP contribution in [0.25, 0.3) is 43.1 Å². The Kier molecular flexibility index (Phi) is 23.5. The molecule has 16 nitrogen and oxygen atoms in total. The molecule has 16 heteroatoms. The Hall–Kier alpha value is -11.0. The highest BCUT2D eigenvalue weighted by Crippen LogP contribution is 2.59. The average molecular weight is 1660 g/mol. The molecule has 0 spiro atoms. The lowest BCUT2D eigenvalue weighted by molar-refractivity contribution is -0.143. The number of carbonyl (C=O) groups is 6. The molecule has 4 unspecified atom stereocenters.